The van der Waals surface area contributed by atoms with Gasteiger partial charge in [-0.15, -0.1) is 0 Å². The van der Waals surface area contributed by atoms with Gasteiger partial charge in [0.05, 0.1) is 10.6 Å². The highest BCUT2D eigenvalue weighted by molar-refractivity contribution is 9.10. The lowest BCUT2D eigenvalue weighted by Crippen LogP contribution is -2.14. The maximum atomic E-state index is 12.5. The van der Waals surface area contributed by atoms with E-state index in [-0.39, 0.29) is 12.0 Å². The van der Waals surface area contributed by atoms with Crippen LogP contribution >= 0.6 is 15.9 Å². The van der Waals surface area contributed by atoms with Gasteiger partial charge in [0.2, 0.25) is 0 Å². The van der Waals surface area contributed by atoms with Crippen molar-refractivity contribution in [3.05, 3.63) is 57.1 Å². The second-order valence-corrected chi connectivity index (χ2v) is 6.89. The fourth-order valence-corrected chi connectivity index (χ4v) is 3.03. The minimum absolute atomic E-state index is 0.0869. The zero-order valence-electron chi connectivity index (χ0n) is 14.2. The summed E-state index contributed by atoms with van der Waals surface area (Å²) >= 11 is 3.46. The molecule has 1 amide bonds. The first-order chi connectivity index (χ1) is 10.8. The van der Waals surface area contributed by atoms with Crippen molar-refractivity contribution < 1.29 is 9.53 Å². The van der Waals surface area contributed by atoms with E-state index in [1.165, 1.54) is 5.56 Å². The molecule has 4 heteroatoms. The molecule has 0 bridgehead atoms. The molecule has 23 heavy (non-hydrogen) atoms. The average Bonchev–Trinajstić information content (AvgIpc) is 2.44. The number of halogens is 1. The summed E-state index contributed by atoms with van der Waals surface area (Å²) in [5, 5.41) is 3.01. The molecule has 0 saturated heterocycles. The fraction of sp³-hybridized carbons (Fsp3) is 0.316. The maximum Gasteiger partial charge on any atom is 0.255 e. The van der Waals surface area contributed by atoms with Crippen LogP contribution in [0.25, 0.3) is 0 Å². The van der Waals surface area contributed by atoms with Crippen LogP contribution in [0.5, 0.6) is 5.75 Å². The molecule has 0 atom stereocenters. The van der Waals surface area contributed by atoms with E-state index >= 15 is 0 Å². The molecule has 122 valence electrons. The zero-order valence-corrected chi connectivity index (χ0v) is 15.7. The summed E-state index contributed by atoms with van der Waals surface area (Å²) in [6.07, 6.45) is 0.0869. The number of hydrogen-bond acceptors (Lipinski definition) is 2. The van der Waals surface area contributed by atoms with E-state index in [9.17, 15) is 4.79 Å². The van der Waals surface area contributed by atoms with Crippen LogP contribution in [0.1, 0.15) is 40.9 Å². The molecule has 3 nitrogen and oxygen atoms in total. The van der Waals surface area contributed by atoms with Crippen LogP contribution in [0.4, 0.5) is 5.69 Å². The Morgan fingerprint density at radius 1 is 1.09 bits per heavy atom. The van der Waals surface area contributed by atoms with Gasteiger partial charge in [-0.1, -0.05) is 17.7 Å². The number of aryl methyl sites for hydroxylation is 3. The van der Waals surface area contributed by atoms with E-state index < -0.39 is 0 Å². The molecule has 2 aromatic rings. The number of carbonyl (C=O) groups is 1. The predicted molar refractivity (Wildman–Crippen MR) is 98.5 cm³/mol. The van der Waals surface area contributed by atoms with Crippen molar-refractivity contribution in [1.29, 1.82) is 0 Å². The summed E-state index contributed by atoms with van der Waals surface area (Å²) in [4.78, 5) is 12.5. The third-order valence-corrected chi connectivity index (χ3v) is 4.09. The molecule has 0 spiro atoms. The molecule has 0 heterocycles. The molecule has 0 aliphatic carbocycles. The summed E-state index contributed by atoms with van der Waals surface area (Å²) in [7, 11) is 0. The molecular formula is C19H22BrNO2. The number of hydrogen-bond donors (Lipinski definition) is 1. The average molecular weight is 376 g/mol. The van der Waals surface area contributed by atoms with Gasteiger partial charge in [-0.2, -0.15) is 0 Å². The van der Waals surface area contributed by atoms with Crippen molar-refractivity contribution in [1.82, 2.24) is 0 Å². The van der Waals surface area contributed by atoms with Crippen LogP contribution in [0, 0.1) is 20.8 Å². The molecule has 0 radical (unpaired) electrons. The van der Waals surface area contributed by atoms with Crippen LogP contribution in [0.2, 0.25) is 0 Å². The van der Waals surface area contributed by atoms with Gasteiger partial charge in [-0.3, -0.25) is 4.79 Å². The predicted octanol–water partition coefficient (Wildman–Crippen LogP) is 5.41. The van der Waals surface area contributed by atoms with E-state index in [1.54, 1.807) is 12.1 Å². The number of rotatable bonds is 4. The Morgan fingerprint density at radius 3 is 2.22 bits per heavy atom. The van der Waals surface area contributed by atoms with Crippen LogP contribution in [0.3, 0.4) is 0 Å². The van der Waals surface area contributed by atoms with E-state index in [0.29, 0.717) is 5.56 Å². The zero-order chi connectivity index (χ0) is 17.1. The second kappa shape index (κ2) is 7.18. The molecule has 0 saturated carbocycles. The van der Waals surface area contributed by atoms with E-state index in [2.05, 4.69) is 40.3 Å². The number of carbonyl (C=O) groups excluding carboxylic acids is 1. The first-order valence-corrected chi connectivity index (χ1v) is 8.42. The highest BCUT2D eigenvalue weighted by Gasteiger charge is 2.13. The smallest absolute Gasteiger partial charge is 0.255 e. The van der Waals surface area contributed by atoms with Crippen molar-refractivity contribution >= 4 is 27.5 Å². The SMILES string of the molecule is Cc1cc(C)c(NC(=O)c2ccc(OC(C)C)c(Br)c2)c(C)c1. The lowest BCUT2D eigenvalue weighted by atomic mass is 10.0. The standard InChI is InChI=1S/C19H22BrNO2/c1-11(2)23-17-7-6-15(10-16(17)20)19(22)21-18-13(4)8-12(3)9-14(18)5/h6-11H,1-5H3,(H,21,22). The molecule has 2 rings (SSSR count). The third-order valence-electron chi connectivity index (χ3n) is 3.47. The minimum Gasteiger partial charge on any atom is -0.490 e. The molecular weight excluding hydrogens is 354 g/mol. The van der Waals surface area contributed by atoms with Crippen molar-refractivity contribution in [2.24, 2.45) is 0 Å². The number of benzene rings is 2. The molecule has 0 aliphatic heterocycles. The number of amides is 1. The van der Waals surface area contributed by atoms with Gasteiger partial charge in [0.25, 0.3) is 5.91 Å². The van der Waals surface area contributed by atoms with Crippen molar-refractivity contribution in [2.45, 2.75) is 40.7 Å². The largest absolute Gasteiger partial charge is 0.490 e. The van der Waals surface area contributed by atoms with Gasteiger partial charge in [0, 0.05) is 11.3 Å². The van der Waals surface area contributed by atoms with Gasteiger partial charge in [-0.05, 0) is 79.9 Å². The second-order valence-electron chi connectivity index (χ2n) is 6.04. The van der Waals surface area contributed by atoms with Gasteiger partial charge in [0.15, 0.2) is 0 Å². The van der Waals surface area contributed by atoms with Gasteiger partial charge in [0.1, 0.15) is 5.75 Å². The summed E-state index contributed by atoms with van der Waals surface area (Å²) < 4.78 is 6.45. The Morgan fingerprint density at radius 2 is 1.70 bits per heavy atom. The highest BCUT2D eigenvalue weighted by atomic mass is 79.9. The Kier molecular flexibility index (Phi) is 5.47. The van der Waals surface area contributed by atoms with E-state index in [1.807, 2.05) is 33.8 Å². The first kappa shape index (κ1) is 17.5. The van der Waals surface area contributed by atoms with Crippen molar-refractivity contribution in [3.8, 4) is 5.75 Å². The first-order valence-electron chi connectivity index (χ1n) is 7.63. The molecule has 0 aliphatic rings. The van der Waals surface area contributed by atoms with Crippen LogP contribution < -0.4 is 10.1 Å². The number of ether oxygens (including phenoxy) is 1. The normalized spacial score (nSPS) is 10.7. The Labute approximate surface area is 146 Å². The summed E-state index contributed by atoms with van der Waals surface area (Å²) in [5.74, 6) is 0.607. The third kappa shape index (κ3) is 4.35. The van der Waals surface area contributed by atoms with Crippen LogP contribution in [0.15, 0.2) is 34.8 Å². The molecule has 0 aromatic heterocycles. The number of nitrogens with one attached hydrogen (secondary N) is 1. The molecule has 1 N–H and O–H groups in total. The number of anilines is 1. The Balaban J connectivity index is 2.23. The van der Waals surface area contributed by atoms with Crippen LogP contribution in [-0.2, 0) is 0 Å². The molecule has 0 unspecified atom stereocenters. The van der Waals surface area contributed by atoms with Gasteiger partial charge in [-0.25, -0.2) is 0 Å². The van der Waals surface area contributed by atoms with Crippen molar-refractivity contribution in [3.63, 3.8) is 0 Å². The molecule has 0 fully saturated rings. The van der Waals surface area contributed by atoms with Gasteiger partial charge < -0.3 is 10.1 Å². The lowest BCUT2D eigenvalue weighted by molar-refractivity contribution is 0.102. The van der Waals surface area contributed by atoms with Gasteiger partial charge >= 0.3 is 0 Å². The lowest BCUT2D eigenvalue weighted by Gasteiger charge is -2.14. The summed E-state index contributed by atoms with van der Waals surface area (Å²) in [5.41, 5.74) is 4.78. The fourth-order valence-electron chi connectivity index (χ4n) is 2.55. The molecule has 2 aromatic carbocycles. The Hall–Kier alpha value is -1.81. The van der Waals surface area contributed by atoms with Crippen molar-refractivity contribution in [2.75, 3.05) is 5.32 Å². The monoisotopic (exact) mass is 375 g/mol. The quantitative estimate of drug-likeness (QED) is 0.775. The van der Waals surface area contributed by atoms with E-state index in [0.717, 1.165) is 27.0 Å². The minimum atomic E-state index is -0.128. The summed E-state index contributed by atoms with van der Waals surface area (Å²) in [6.45, 7) is 10.00. The van der Waals surface area contributed by atoms with Crippen LogP contribution in [-0.4, -0.2) is 12.0 Å². The Bertz CT molecular complexity index is 715. The topological polar surface area (TPSA) is 38.3 Å². The maximum absolute atomic E-state index is 12.5. The van der Waals surface area contributed by atoms with E-state index in [4.69, 9.17) is 4.74 Å². The summed E-state index contributed by atoms with van der Waals surface area (Å²) in [6, 6.07) is 9.51. The highest BCUT2D eigenvalue weighted by Crippen LogP contribution is 2.28.